The summed E-state index contributed by atoms with van der Waals surface area (Å²) in [7, 11) is 0. The summed E-state index contributed by atoms with van der Waals surface area (Å²) in [5.41, 5.74) is 3.12. The molecule has 202 valence electrons. The number of imidazole rings is 1. The van der Waals surface area contributed by atoms with Gasteiger partial charge >= 0.3 is 5.97 Å². The second-order valence-electron chi connectivity index (χ2n) is 9.78. The summed E-state index contributed by atoms with van der Waals surface area (Å²) < 4.78 is 28.6. The number of carboxylic acids is 1. The van der Waals surface area contributed by atoms with Gasteiger partial charge in [0.25, 0.3) is 0 Å². The molecule has 2 aromatic heterocycles. The minimum absolute atomic E-state index is 0.0553. The number of aromatic nitrogens is 3. The Kier molecular flexibility index (Phi) is 7.16. The van der Waals surface area contributed by atoms with E-state index < -0.39 is 11.8 Å². The fraction of sp³-hybridized carbons (Fsp3) is 0.321. The average Bonchev–Trinajstić information content (AvgIpc) is 3.23. The SMILES string of the molecule is O=C(O)c1ccc2nc(CN3CCc4cc(Cl)c(OCc5ccc(Cl)cc5)nc4C3)n(C[C@@H]3CCO3)c2c1F. The quantitative estimate of drug-likeness (QED) is 0.299. The van der Waals surface area contributed by atoms with Crippen molar-refractivity contribution < 1.29 is 23.8 Å². The number of rotatable bonds is 8. The Labute approximate surface area is 233 Å². The molecule has 1 N–H and O–H groups in total. The second kappa shape index (κ2) is 10.7. The zero-order valence-corrected chi connectivity index (χ0v) is 22.4. The maximum absolute atomic E-state index is 15.3. The van der Waals surface area contributed by atoms with Crippen LogP contribution in [-0.2, 0) is 37.4 Å². The van der Waals surface area contributed by atoms with Crippen LogP contribution in [0.15, 0.2) is 42.5 Å². The highest BCUT2D eigenvalue weighted by Crippen LogP contribution is 2.31. The van der Waals surface area contributed by atoms with Gasteiger partial charge < -0.3 is 19.1 Å². The number of hydrogen-bond acceptors (Lipinski definition) is 6. The molecule has 4 aromatic rings. The van der Waals surface area contributed by atoms with E-state index >= 15 is 4.39 Å². The first-order valence-corrected chi connectivity index (χ1v) is 13.4. The van der Waals surface area contributed by atoms with Crippen LogP contribution in [-0.4, -0.2) is 49.8 Å². The highest BCUT2D eigenvalue weighted by molar-refractivity contribution is 6.32. The maximum atomic E-state index is 15.3. The highest BCUT2D eigenvalue weighted by Gasteiger charge is 2.27. The van der Waals surface area contributed by atoms with Crippen LogP contribution in [0.3, 0.4) is 0 Å². The first-order valence-electron chi connectivity index (χ1n) is 12.7. The lowest BCUT2D eigenvalue weighted by Gasteiger charge is -2.30. The van der Waals surface area contributed by atoms with Gasteiger partial charge in [0.05, 0.1) is 36.0 Å². The third-order valence-corrected chi connectivity index (χ3v) is 7.70. The number of hydrogen-bond donors (Lipinski definition) is 1. The number of benzene rings is 2. The lowest BCUT2D eigenvalue weighted by atomic mass is 10.1. The molecule has 0 amide bonds. The molecule has 39 heavy (non-hydrogen) atoms. The predicted octanol–water partition coefficient (Wildman–Crippen LogP) is 5.50. The summed E-state index contributed by atoms with van der Waals surface area (Å²) in [6.45, 7) is 3.09. The van der Waals surface area contributed by atoms with Gasteiger partial charge in [-0.1, -0.05) is 35.3 Å². The van der Waals surface area contributed by atoms with Crippen LogP contribution in [0, 0.1) is 5.82 Å². The van der Waals surface area contributed by atoms with Crippen molar-refractivity contribution in [1.82, 2.24) is 19.4 Å². The first-order chi connectivity index (χ1) is 18.9. The number of carboxylic acid groups (broad SMARTS) is 1. The molecule has 2 aromatic carbocycles. The summed E-state index contributed by atoms with van der Waals surface area (Å²) in [6.07, 6.45) is 1.54. The van der Waals surface area contributed by atoms with Gasteiger partial charge in [-0.2, -0.15) is 0 Å². The van der Waals surface area contributed by atoms with Crippen molar-refractivity contribution in [1.29, 1.82) is 0 Å². The molecule has 1 atom stereocenters. The van der Waals surface area contributed by atoms with E-state index in [0.717, 1.165) is 36.2 Å². The van der Waals surface area contributed by atoms with Gasteiger partial charge in [0.1, 0.15) is 23.0 Å². The van der Waals surface area contributed by atoms with Crippen LogP contribution >= 0.6 is 23.2 Å². The molecule has 0 aliphatic carbocycles. The molecule has 8 nitrogen and oxygen atoms in total. The number of carbonyl (C=O) groups is 1. The van der Waals surface area contributed by atoms with Crippen molar-refractivity contribution in [2.75, 3.05) is 13.2 Å². The number of fused-ring (bicyclic) bond motifs is 2. The lowest BCUT2D eigenvalue weighted by Crippen LogP contribution is -2.34. The van der Waals surface area contributed by atoms with Crippen LogP contribution in [0.25, 0.3) is 11.0 Å². The van der Waals surface area contributed by atoms with Crippen molar-refractivity contribution in [3.05, 3.63) is 86.5 Å². The molecule has 0 bridgehead atoms. The second-order valence-corrected chi connectivity index (χ2v) is 10.6. The first kappa shape index (κ1) is 26.0. The summed E-state index contributed by atoms with van der Waals surface area (Å²) in [4.78, 5) is 23.2. The minimum atomic E-state index is -1.31. The van der Waals surface area contributed by atoms with Gasteiger partial charge in [-0.15, -0.1) is 0 Å². The maximum Gasteiger partial charge on any atom is 0.338 e. The summed E-state index contributed by atoms with van der Waals surface area (Å²) in [5, 5.41) is 10.6. The average molecular weight is 571 g/mol. The van der Waals surface area contributed by atoms with Gasteiger partial charge in [-0.05, 0) is 54.3 Å². The van der Waals surface area contributed by atoms with Crippen LogP contribution in [0.2, 0.25) is 10.0 Å². The molecule has 2 aliphatic heterocycles. The smallest absolute Gasteiger partial charge is 0.338 e. The largest absolute Gasteiger partial charge is 0.478 e. The number of halogens is 3. The van der Waals surface area contributed by atoms with Crippen molar-refractivity contribution in [2.24, 2.45) is 0 Å². The zero-order valence-electron chi connectivity index (χ0n) is 20.9. The third kappa shape index (κ3) is 5.32. The molecule has 6 rings (SSSR count). The van der Waals surface area contributed by atoms with Crippen molar-refractivity contribution in [3.8, 4) is 5.88 Å². The van der Waals surface area contributed by atoms with Crippen LogP contribution < -0.4 is 4.74 Å². The molecule has 1 saturated heterocycles. The van der Waals surface area contributed by atoms with Crippen LogP contribution in [0.1, 0.15) is 39.4 Å². The Hall–Kier alpha value is -3.24. The summed E-state index contributed by atoms with van der Waals surface area (Å²) in [5.74, 6) is -1.07. The number of ether oxygens (including phenoxy) is 2. The number of nitrogens with zero attached hydrogens (tertiary/aromatic N) is 4. The van der Waals surface area contributed by atoms with Gasteiger partial charge in [0, 0.05) is 24.7 Å². The molecule has 0 spiro atoms. The number of pyridine rings is 1. The third-order valence-electron chi connectivity index (χ3n) is 7.17. The Bertz CT molecular complexity index is 1560. The molecular formula is C28H25Cl2FN4O4. The van der Waals surface area contributed by atoms with Crippen molar-refractivity contribution >= 4 is 40.2 Å². The molecule has 0 saturated carbocycles. The predicted molar refractivity (Wildman–Crippen MR) is 144 cm³/mol. The Balaban J connectivity index is 1.24. The van der Waals surface area contributed by atoms with E-state index in [9.17, 15) is 9.90 Å². The molecule has 0 radical (unpaired) electrons. The molecule has 11 heteroatoms. The van der Waals surface area contributed by atoms with Gasteiger partial charge in [-0.25, -0.2) is 19.2 Å². The Morgan fingerprint density at radius 2 is 1.97 bits per heavy atom. The Morgan fingerprint density at radius 3 is 2.69 bits per heavy atom. The highest BCUT2D eigenvalue weighted by atomic mass is 35.5. The fourth-order valence-electron chi connectivity index (χ4n) is 4.98. The molecule has 2 aliphatic rings. The fourth-order valence-corrected chi connectivity index (χ4v) is 5.34. The van der Waals surface area contributed by atoms with Crippen LogP contribution in [0.5, 0.6) is 5.88 Å². The van der Waals surface area contributed by atoms with E-state index in [-0.39, 0.29) is 17.2 Å². The van der Waals surface area contributed by atoms with E-state index in [1.54, 1.807) is 22.8 Å². The Morgan fingerprint density at radius 1 is 1.18 bits per heavy atom. The van der Waals surface area contributed by atoms with Gasteiger partial charge in [-0.3, -0.25) is 4.90 Å². The van der Waals surface area contributed by atoms with E-state index in [0.29, 0.717) is 60.1 Å². The molecule has 4 heterocycles. The zero-order chi connectivity index (χ0) is 27.1. The normalized spacial score (nSPS) is 17.2. The van der Waals surface area contributed by atoms with E-state index in [4.69, 9.17) is 42.6 Å². The van der Waals surface area contributed by atoms with Crippen molar-refractivity contribution in [3.63, 3.8) is 0 Å². The van der Waals surface area contributed by atoms with Gasteiger partial charge in [0.2, 0.25) is 5.88 Å². The monoisotopic (exact) mass is 570 g/mol. The lowest BCUT2D eigenvalue weighted by molar-refractivity contribution is -0.0592. The van der Waals surface area contributed by atoms with Crippen LogP contribution in [0.4, 0.5) is 4.39 Å². The summed E-state index contributed by atoms with van der Waals surface area (Å²) >= 11 is 12.4. The van der Waals surface area contributed by atoms with Gasteiger partial charge in [0.15, 0.2) is 5.82 Å². The molecule has 0 unspecified atom stereocenters. The standard InChI is InChI=1S/C28H25Cl2FN4O4/c29-18-3-1-16(2-4-18)15-39-27-21(30)11-17-7-9-34(13-23(17)33-27)14-24-32-22-6-5-20(28(36)37)25(31)26(22)35(24)12-19-8-10-38-19/h1-6,11,19H,7-10,12-15H2,(H,36,37)/t19-/m0/s1. The minimum Gasteiger partial charge on any atom is -0.478 e. The molecule has 1 fully saturated rings. The van der Waals surface area contributed by atoms with E-state index in [1.165, 1.54) is 6.07 Å². The summed E-state index contributed by atoms with van der Waals surface area (Å²) in [6, 6.07) is 12.1. The van der Waals surface area contributed by atoms with E-state index in [2.05, 4.69) is 4.90 Å². The van der Waals surface area contributed by atoms with E-state index in [1.807, 2.05) is 18.2 Å². The number of aromatic carboxylic acids is 1. The topological polar surface area (TPSA) is 89.7 Å². The molecular weight excluding hydrogens is 546 g/mol. The van der Waals surface area contributed by atoms with Crippen molar-refractivity contribution in [2.45, 2.75) is 45.2 Å².